The topological polar surface area (TPSA) is 80.7 Å². The fraction of sp³-hybridized carbons (Fsp3) is 0.333. The van der Waals surface area contributed by atoms with Gasteiger partial charge >= 0.3 is 0 Å². The molecule has 0 saturated heterocycles. The molecule has 0 spiro atoms. The Morgan fingerprint density at radius 1 is 1.23 bits per heavy atom. The van der Waals surface area contributed by atoms with Gasteiger partial charge in [0.15, 0.2) is 0 Å². The first-order valence-electron chi connectivity index (χ1n) is 11.9. The highest BCUT2D eigenvalue weighted by molar-refractivity contribution is 5.80. The Morgan fingerprint density at radius 2 is 2.06 bits per heavy atom. The van der Waals surface area contributed by atoms with E-state index in [2.05, 4.69) is 49.4 Å². The molecule has 2 aromatic carbocycles. The van der Waals surface area contributed by atoms with Crippen molar-refractivity contribution in [2.45, 2.75) is 39.4 Å². The van der Waals surface area contributed by atoms with E-state index in [-0.39, 0.29) is 11.9 Å². The molecule has 3 N–H and O–H groups in total. The maximum atomic E-state index is 14.7. The first-order valence-corrected chi connectivity index (χ1v) is 11.9. The highest BCUT2D eigenvalue weighted by atomic mass is 19.1. The molecule has 0 amide bonds. The molecule has 2 aromatic heterocycles. The standard InChI is InChI=1S/C27H31FN6O/c1-16-11-18(14-33(3)4)5-6-19(16)22-13-31-27(34-15-24(17(2)29)32-26(22)34)30-12-21-20-9-10-35-25(20)8-7-23(21)28/h5-8,11,13,15,17H,9-10,12,14,29H2,1-4H3,(H,30,31). The van der Waals surface area contributed by atoms with Crippen LogP contribution in [0.15, 0.2) is 42.7 Å². The fourth-order valence-corrected chi connectivity index (χ4v) is 4.70. The summed E-state index contributed by atoms with van der Waals surface area (Å²) in [4.78, 5) is 11.7. The van der Waals surface area contributed by atoms with Gasteiger partial charge in [-0.15, -0.1) is 0 Å². The van der Waals surface area contributed by atoms with Crippen molar-refractivity contribution in [3.05, 3.63) is 76.5 Å². The van der Waals surface area contributed by atoms with Crippen LogP contribution < -0.4 is 15.8 Å². The second-order valence-electron chi connectivity index (χ2n) is 9.49. The van der Waals surface area contributed by atoms with E-state index >= 15 is 0 Å². The molecule has 35 heavy (non-hydrogen) atoms. The summed E-state index contributed by atoms with van der Waals surface area (Å²) in [6, 6.07) is 9.40. The summed E-state index contributed by atoms with van der Waals surface area (Å²) >= 11 is 0. The molecule has 0 fully saturated rings. The predicted molar refractivity (Wildman–Crippen MR) is 136 cm³/mol. The molecule has 4 aromatic rings. The van der Waals surface area contributed by atoms with Crippen LogP contribution in [0.25, 0.3) is 16.8 Å². The third-order valence-electron chi connectivity index (χ3n) is 6.42. The summed E-state index contributed by atoms with van der Waals surface area (Å²) in [6.45, 7) is 5.76. The number of aromatic nitrogens is 3. The Bertz CT molecular complexity index is 1390. The molecular formula is C27H31FN6O. The van der Waals surface area contributed by atoms with Crippen molar-refractivity contribution in [1.29, 1.82) is 0 Å². The lowest BCUT2D eigenvalue weighted by atomic mass is 10.00. The zero-order valence-electron chi connectivity index (χ0n) is 20.6. The van der Waals surface area contributed by atoms with Crippen LogP contribution >= 0.6 is 0 Å². The number of nitrogens with zero attached hydrogens (tertiary/aromatic N) is 4. The van der Waals surface area contributed by atoms with Crippen molar-refractivity contribution in [2.24, 2.45) is 5.73 Å². The van der Waals surface area contributed by atoms with Crippen molar-refractivity contribution < 1.29 is 9.13 Å². The first kappa shape index (κ1) is 23.3. The number of halogens is 1. The van der Waals surface area contributed by atoms with Crippen LogP contribution in [0.4, 0.5) is 10.3 Å². The number of anilines is 1. The van der Waals surface area contributed by atoms with Gasteiger partial charge < -0.3 is 20.7 Å². The summed E-state index contributed by atoms with van der Waals surface area (Å²) in [5.41, 5.74) is 13.6. The Hall–Kier alpha value is -3.49. The molecular weight excluding hydrogens is 443 g/mol. The normalized spacial score (nSPS) is 13.8. The summed E-state index contributed by atoms with van der Waals surface area (Å²) in [5.74, 6) is 1.10. The minimum absolute atomic E-state index is 0.230. The van der Waals surface area contributed by atoms with Crippen LogP contribution in [0.3, 0.4) is 0 Å². The third-order valence-corrected chi connectivity index (χ3v) is 6.42. The van der Waals surface area contributed by atoms with Gasteiger partial charge in [-0.2, -0.15) is 0 Å². The largest absolute Gasteiger partial charge is 0.493 e. The number of benzene rings is 2. The molecule has 182 valence electrons. The summed E-state index contributed by atoms with van der Waals surface area (Å²) in [5, 5.41) is 3.32. The molecule has 0 aliphatic carbocycles. The number of aryl methyl sites for hydroxylation is 1. The number of imidazole rings is 1. The van der Waals surface area contributed by atoms with E-state index in [9.17, 15) is 4.39 Å². The number of ether oxygens (including phenoxy) is 1. The van der Waals surface area contributed by atoms with Crippen molar-refractivity contribution in [3.63, 3.8) is 0 Å². The highest BCUT2D eigenvalue weighted by Gasteiger charge is 2.21. The second-order valence-corrected chi connectivity index (χ2v) is 9.49. The minimum Gasteiger partial charge on any atom is -0.493 e. The van der Waals surface area contributed by atoms with Gasteiger partial charge in [0.05, 0.1) is 12.3 Å². The van der Waals surface area contributed by atoms with E-state index < -0.39 is 0 Å². The van der Waals surface area contributed by atoms with Gasteiger partial charge in [0.2, 0.25) is 5.95 Å². The predicted octanol–water partition coefficient (Wildman–Crippen LogP) is 4.47. The Balaban J connectivity index is 1.53. The maximum absolute atomic E-state index is 14.7. The van der Waals surface area contributed by atoms with Gasteiger partial charge in [0.1, 0.15) is 17.2 Å². The van der Waals surface area contributed by atoms with E-state index in [1.165, 1.54) is 11.6 Å². The molecule has 1 unspecified atom stereocenters. The molecule has 0 radical (unpaired) electrons. The minimum atomic E-state index is -0.245. The first-order chi connectivity index (χ1) is 16.8. The lowest BCUT2D eigenvalue weighted by Gasteiger charge is -2.15. The number of rotatable bonds is 7. The summed E-state index contributed by atoms with van der Waals surface area (Å²) < 4.78 is 22.2. The van der Waals surface area contributed by atoms with E-state index in [4.69, 9.17) is 20.4 Å². The van der Waals surface area contributed by atoms with Crippen LogP contribution in [0.1, 0.15) is 40.9 Å². The monoisotopic (exact) mass is 474 g/mol. The van der Waals surface area contributed by atoms with Gasteiger partial charge in [-0.25, -0.2) is 14.4 Å². The van der Waals surface area contributed by atoms with Gasteiger partial charge in [-0.1, -0.05) is 18.2 Å². The summed E-state index contributed by atoms with van der Waals surface area (Å²) in [7, 11) is 4.12. The molecule has 8 heteroatoms. The second kappa shape index (κ2) is 9.28. The average Bonchev–Trinajstić information content (AvgIpc) is 3.46. The zero-order valence-corrected chi connectivity index (χ0v) is 20.6. The number of nitrogens with two attached hydrogens (primary N) is 1. The quantitative estimate of drug-likeness (QED) is 0.411. The van der Waals surface area contributed by atoms with Crippen LogP contribution in [0.5, 0.6) is 5.75 Å². The SMILES string of the molecule is Cc1cc(CN(C)C)ccc1-c1cnc(NCc2c(F)ccc3c2CCO3)n2cc(C(C)N)nc12. The molecule has 3 heterocycles. The van der Waals surface area contributed by atoms with Crippen molar-refractivity contribution >= 4 is 11.6 Å². The number of hydrogen-bond donors (Lipinski definition) is 2. The van der Waals surface area contributed by atoms with Crippen LogP contribution in [-0.4, -0.2) is 40.0 Å². The molecule has 0 bridgehead atoms. The average molecular weight is 475 g/mol. The lowest BCUT2D eigenvalue weighted by Crippen LogP contribution is -2.11. The molecule has 7 nitrogen and oxygen atoms in total. The molecule has 1 aliphatic rings. The highest BCUT2D eigenvalue weighted by Crippen LogP contribution is 2.32. The van der Waals surface area contributed by atoms with E-state index in [0.29, 0.717) is 31.1 Å². The van der Waals surface area contributed by atoms with Crippen molar-refractivity contribution in [1.82, 2.24) is 19.3 Å². The van der Waals surface area contributed by atoms with E-state index in [1.807, 2.05) is 23.7 Å². The smallest absolute Gasteiger partial charge is 0.208 e. The lowest BCUT2D eigenvalue weighted by molar-refractivity contribution is 0.356. The Morgan fingerprint density at radius 3 is 2.80 bits per heavy atom. The molecule has 0 saturated carbocycles. The van der Waals surface area contributed by atoms with Crippen molar-refractivity contribution in [2.75, 3.05) is 26.0 Å². The van der Waals surface area contributed by atoms with E-state index in [0.717, 1.165) is 45.9 Å². The van der Waals surface area contributed by atoms with Gasteiger partial charge in [-0.05, 0) is 56.8 Å². The number of nitrogens with one attached hydrogen (secondary N) is 1. The zero-order chi connectivity index (χ0) is 24.7. The summed E-state index contributed by atoms with van der Waals surface area (Å²) in [6.07, 6.45) is 4.44. The van der Waals surface area contributed by atoms with Crippen molar-refractivity contribution in [3.8, 4) is 16.9 Å². The Labute approximate surface area is 204 Å². The fourth-order valence-electron chi connectivity index (χ4n) is 4.70. The van der Waals surface area contributed by atoms with E-state index in [1.54, 1.807) is 6.07 Å². The van der Waals surface area contributed by atoms with Crippen LogP contribution in [0, 0.1) is 12.7 Å². The number of hydrogen-bond acceptors (Lipinski definition) is 6. The van der Waals surface area contributed by atoms with Gasteiger partial charge in [0.25, 0.3) is 0 Å². The molecule has 1 aliphatic heterocycles. The molecule has 1 atom stereocenters. The van der Waals surface area contributed by atoms with Gasteiger partial charge in [-0.3, -0.25) is 4.40 Å². The number of fused-ring (bicyclic) bond motifs is 2. The van der Waals surface area contributed by atoms with Crippen LogP contribution in [-0.2, 0) is 19.5 Å². The van der Waals surface area contributed by atoms with Crippen LogP contribution in [0.2, 0.25) is 0 Å². The third kappa shape index (κ3) is 4.47. The van der Waals surface area contributed by atoms with Gasteiger partial charge in [0, 0.05) is 54.6 Å². The maximum Gasteiger partial charge on any atom is 0.208 e. The molecule has 5 rings (SSSR count). The Kier molecular flexibility index (Phi) is 6.17.